The summed E-state index contributed by atoms with van der Waals surface area (Å²) in [5.74, 6) is -0.700. The Balaban J connectivity index is 0.000000771. The summed E-state index contributed by atoms with van der Waals surface area (Å²) in [7, 11) is 1.69. The van der Waals surface area contributed by atoms with Crippen LogP contribution in [0.15, 0.2) is 47.9 Å². The lowest BCUT2D eigenvalue weighted by molar-refractivity contribution is -0.192. The molecule has 0 fully saturated rings. The molecule has 0 aliphatic carbocycles. The number of aryl methyl sites for hydroxylation is 1. The number of carboxylic acids is 1. The van der Waals surface area contributed by atoms with Gasteiger partial charge in [-0.05, 0) is 31.9 Å². The molecule has 0 spiro atoms. The molecule has 0 saturated carbocycles. The number of carbonyl (C=O) groups is 1. The molecule has 3 aromatic rings. The zero-order valence-corrected chi connectivity index (χ0v) is 27.5. The summed E-state index contributed by atoms with van der Waals surface area (Å²) in [4.78, 5) is 17.0. The quantitative estimate of drug-likeness (QED) is 0.181. The molecule has 0 radical (unpaired) electrons. The molecule has 1 aliphatic rings. The van der Waals surface area contributed by atoms with E-state index in [0.717, 1.165) is 43.5 Å². The van der Waals surface area contributed by atoms with Crippen LogP contribution in [0.3, 0.4) is 0 Å². The van der Waals surface area contributed by atoms with Gasteiger partial charge in [0.05, 0.1) is 43.3 Å². The predicted octanol–water partition coefficient (Wildman–Crippen LogP) is 5.18. The van der Waals surface area contributed by atoms with Crippen LogP contribution in [0.4, 0.5) is 30.2 Å². The first-order valence-corrected chi connectivity index (χ1v) is 16.3. The van der Waals surface area contributed by atoms with Gasteiger partial charge in [-0.15, -0.1) is 0 Å². The Morgan fingerprint density at radius 3 is 2.09 bits per heavy atom. The van der Waals surface area contributed by atoms with E-state index in [2.05, 4.69) is 14.6 Å². The van der Waals surface area contributed by atoms with Crippen LogP contribution in [-0.4, -0.2) is 75.7 Å². The molecule has 260 valence electrons. The van der Waals surface area contributed by atoms with Crippen molar-refractivity contribution in [2.45, 2.75) is 50.2 Å². The number of aromatic nitrogens is 2. The van der Waals surface area contributed by atoms with Gasteiger partial charge in [0.1, 0.15) is 17.2 Å². The molecule has 2 heterocycles. The zero-order valence-electron chi connectivity index (χ0n) is 26.7. The maximum absolute atomic E-state index is 13.2. The molecule has 1 aliphatic heterocycles. The Labute approximate surface area is 272 Å². The summed E-state index contributed by atoms with van der Waals surface area (Å²) in [5.41, 5.74) is 7.69. The fraction of sp³-hybridized carbons (Fsp3) is 0.467. The summed E-state index contributed by atoms with van der Waals surface area (Å²) in [5, 5.41) is 7.05. The highest BCUT2D eigenvalue weighted by atomic mass is 32.2. The topological polar surface area (TPSA) is 161 Å². The molecule has 13 nitrogen and oxygen atoms in total. The Bertz CT molecular complexity index is 1600. The number of anilines is 3. The van der Waals surface area contributed by atoms with Gasteiger partial charge in [-0.3, -0.25) is 4.72 Å². The number of halogens is 3. The third-order valence-corrected chi connectivity index (χ3v) is 7.94. The largest absolute Gasteiger partial charge is 0.493 e. The lowest BCUT2D eigenvalue weighted by atomic mass is 10.2. The minimum Gasteiger partial charge on any atom is -0.493 e. The summed E-state index contributed by atoms with van der Waals surface area (Å²) in [6, 6.07) is 9.04. The van der Waals surface area contributed by atoms with Crippen molar-refractivity contribution in [2.24, 2.45) is 12.8 Å². The molecule has 0 saturated heterocycles. The molecule has 4 N–H and O–H groups in total. The Hall–Kier alpha value is -4.38. The number of benzene rings is 2. The van der Waals surface area contributed by atoms with Gasteiger partial charge < -0.3 is 39.4 Å². The highest BCUT2D eigenvalue weighted by Gasteiger charge is 2.38. The maximum Gasteiger partial charge on any atom is 0.490 e. The third kappa shape index (κ3) is 10.8. The maximum atomic E-state index is 13.2. The van der Waals surface area contributed by atoms with Crippen LogP contribution in [0, 0.1) is 0 Å². The number of nitrogens with zero attached hydrogens (tertiary/aromatic N) is 4. The lowest BCUT2D eigenvalue weighted by Crippen LogP contribution is -2.23. The van der Waals surface area contributed by atoms with Gasteiger partial charge in [0, 0.05) is 51.6 Å². The van der Waals surface area contributed by atoms with Gasteiger partial charge in [-0.25, -0.2) is 9.78 Å². The number of unbranched alkanes of at least 4 members (excludes halogenated alkanes) is 3. The summed E-state index contributed by atoms with van der Waals surface area (Å²) in [6.45, 7) is 4.51. The molecule has 2 aromatic carbocycles. The fourth-order valence-corrected chi connectivity index (χ4v) is 5.48. The molecule has 0 bridgehead atoms. The number of alkyl halides is 3. The van der Waals surface area contributed by atoms with Gasteiger partial charge in [0.15, 0.2) is 10.8 Å². The van der Waals surface area contributed by atoms with E-state index < -0.39 is 22.2 Å². The highest BCUT2D eigenvalue weighted by Crippen LogP contribution is 2.44. The van der Waals surface area contributed by atoms with Crippen LogP contribution >= 0.6 is 0 Å². The van der Waals surface area contributed by atoms with E-state index >= 15 is 0 Å². The molecule has 4 rings (SSSR count). The van der Waals surface area contributed by atoms with Crippen molar-refractivity contribution in [3.63, 3.8) is 0 Å². The summed E-state index contributed by atoms with van der Waals surface area (Å²) < 4.78 is 80.7. The van der Waals surface area contributed by atoms with Crippen LogP contribution in [0.1, 0.15) is 39.0 Å². The van der Waals surface area contributed by atoms with Crippen LogP contribution in [-0.2, 0) is 21.9 Å². The standard InChI is InChI=1S/C28H40N6O5S.C2HF3O2/c1-5-11-37-21-13-22(38-12-9-7-6-8-10-29)15-23(14-21)39-27-17-26-25(33(3)20-34(26)4)16-24(27)31-40(35,36)28-18-32(2)19-30-28;3-2(4,5)1(6)7/h13-19,31H,5-12,20,29H2,1-4H3;(H,6,7). The second kappa shape index (κ2) is 16.4. The molecule has 1 aromatic heterocycles. The minimum absolute atomic E-state index is 0.0796. The predicted molar refractivity (Wildman–Crippen MR) is 171 cm³/mol. The van der Waals surface area contributed by atoms with Crippen LogP contribution in [0.2, 0.25) is 0 Å². The molecular weight excluding hydrogens is 645 g/mol. The molecular formula is C30H41F3N6O7S. The molecule has 17 heteroatoms. The van der Waals surface area contributed by atoms with Gasteiger partial charge in [0.2, 0.25) is 0 Å². The first-order valence-electron chi connectivity index (χ1n) is 14.8. The molecule has 0 unspecified atom stereocenters. The third-order valence-electron chi connectivity index (χ3n) is 6.69. The van der Waals surface area contributed by atoms with Crippen molar-refractivity contribution in [1.29, 1.82) is 0 Å². The van der Waals surface area contributed by atoms with Gasteiger partial charge in [-0.1, -0.05) is 19.8 Å². The Kier molecular flexibility index (Phi) is 13.0. The number of hydrogen-bond acceptors (Lipinski definition) is 10. The summed E-state index contributed by atoms with van der Waals surface area (Å²) in [6.07, 6.45) is 2.71. The zero-order chi connectivity index (χ0) is 34.8. The number of aliphatic carboxylic acids is 1. The van der Waals surface area contributed by atoms with E-state index in [9.17, 15) is 21.6 Å². The average Bonchev–Trinajstić information content (AvgIpc) is 3.56. The number of sulfonamides is 1. The number of nitrogens with two attached hydrogens (primary N) is 1. The number of rotatable bonds is 15. The van der Waals surface area contributed by atoms with Crippen molar-refractivity contribution < 1.29 is 45.7 Å². The summed E-state index contributed by atoms with van der Waals surface area (Å²) >= 11 is 0. The van der Waals surface area contributed by atoms with Gasteiger partial charge in [-0.2, -0.15) is 21.6 Å². The average molecular weight is 687 g/mol. The SMILES string of the molecule is CCCOc1cc(OCCCCCCN)cc(Oc2cc3c(cc2NS(=O)(=O)c2cn(C)cn2)N(C)CN3C)c1.O=C(O)C(F)(F)F. The lowest BCUT2D eigenvalue weighted by Gasteiger charge is -2.18. The number of ether oxygens (including phenoxy) is 3. The molecule has 0 atom stereocenters. The Morgan fingerprint density at radius 1 is 0.957 bits per heavy atom. The fourth-order valence-electron chi connectivity index (χ4n) is 4.44. The number of imidazole rings is 1. The number of fused-ring (bicyclic) bond motifs is 1. The highest BCUT2D eigenvalue weighted by molar-refractivity contribution is 7.92. The van der Waals surface area contributed by atoms with E-state index in [1.807, 2.05) is 38.1 Å². The van der Waals surface area contributed by atoms with Crippen molar-refractivity contribution in [2.75, 3.05) is 55.0 Å². The number of nitrogens with one attached hydrogen (secondary N) is 1. The van der Waals surface area contributed by atoms with Crippen molar-refractivity contribution in [3.8, 4) is 23.0 Å². The van der Waals surface area contributed by atoms with Gasteiger partial charge >= 0.3 is 12.1 Å². The number of hydrogen-bond donors (Lipinski definition) is 3. The van der Waals surface area contributed by atoms with Crippen LogP contribution in [0.5, 0.6) is 23.0 Å². The van der Waals surface area contributed by atoms with E-state index in [0.29, 0.717) is 55.1 Å². The van der Waals surface area contributed by atoms with Crippen LogP contribution < -0.4 is 34.5 Å². The van der Waals surface area contributed by atoms with E-state index in [-0.39, 0.29) is 5.03 Å². The van der Waals surface area contributed by atoms with E-state index in [4.69, 9.17) is 29.8 Å². The molecule has 47 heavy (non-hydrogen) atoms. The second-order valence-electron chi connectivity index (χ2n) is 10.8. The smallest absolute Gasteiger partial charge is 0.490 e. The van der Waals surface area contributed by atoms with Crippen molar-refractivity contribution in [3.05, 3.63) is 42.9 Å². The van der Waals surface area contributed by atoms with Crippen molar-refractivity contribution in [1.82, 2.24) is 9.55 Å². The minimum atomic E-state index is -5.08. The first-order chi connectivity index (χ1) is 22.1. The number of carboxylic acid groups (broad SMARTS) is 1. The first kappa shape index (κ1) is 37.1. The second-order valence-corrected chi connectivity index (χ2v) is 12.4. The van der Waals surface area contributed by atoms with E-state index in [1.54, 1.807) is 29.8 Å². The van der Waals surface area contributed by atoms with Gasteiger partial charge in [0.25, 0.3) is 10.0 Å². The molecule has 0 amide bonds. The van der Waals surface area contributed by atoms with E-state index in [1.165, 1.54) is 12.5 Å². The van der Waals surface area contributed by atoms with Crippen LogP contribution in [0.25, 0.3) is 0 Å². The Morgan fingerprint density at radius 2 is 1.53 bits per heavy atom. The normalized spacial score (nSPS) is 12.7. The monoisotopic (exact) mass is 686 g/mol. The van der Waals surface area contributed by atoms with Crippen molar-refractivity contribution >= 4 is 33.1 Å².